The van der Waals surface area contributed by atoms with Gasteiger partial charge >= 0.3 is 18.0 Å². The number of benzene rings is 1. The van der Waals surface area contributed by atoms with Gasteiger partial charge in [-0.15, -0.1) is 0 Å². The maximum absolute atomic E-state index is 12.6. The van der Waals surface area contributed by atoms with Crippen molar-refractivity contribution < 1.29 is 38.1 Å². The summed E-state index contributed by atoms with van der Waals surface area (Å²) in [6, 6.07) is 5.89. The van der Waals surface area contributed by atoms with Crippen molar-refractivity contribution in [3.63, 3.8) is 0 Å². The van der Waals surface area contributed by atoms with E-state index in [0.29, 0.717) is 12.2 Å². The summed E-state index contributed by atoms with van der Waals surface area (Å²) in [5.41, 5.74) is 1.92. The maximum atomic E-state index is 12.6. The van der Waals surface area contributed by atoms with Crippen LogP contribution in [-0.2, 0) is 28.5 Å². The van der Waals surface area contributed by atoms with E-state index in [-0.39, 0.29) is 37.0 Å². The van der Waals surface area contributed by atoms with Gasteiger partial charge in [-0.25, -0.2) is 4.79 Å². The van der Waals surface area contributed by atoms with Gasteiger partial charge < -0.3 is 29.0 Å². The molecule has 9 heteroatoms. The van der Waals surface area contributed by atoms with Crippen LogP contribution in [0, 0.1) is 5.92 Å². The second-order valence-corrected chi connectivity index (χ2v) is 9.72. The van der Waals surface area contributed by atoms with Crippen LogP contribution >= 0.6 is 0 Å². The molecule has 202 valence electrons. The Morgan fingerprint density at radius 1 is 0.972 bits per heavy atom. The third-order valence-electron chi connectivity index (χ3n) is 6.18. The van der Waals surface area contributed by atoms with Gasteiger partial charge in [-0.05, 0) is 29.4 Å². The number of para-hydroxylation sites is 1. The van der Waals surface area contributed by atoms with Crippen LogP contribution in [0.25, 0.3) is 0 Å². The highest BCUT2D eigenvalue weighted by Gasteiger charge is 2.47. The minimum atomic E-state index is -0.952. The Balaban J connectivity index is 2.03. The minimum Gasteiger partial charge on any atom is -0.458 e. The second kappa shape index (κ2) is 13.6. The van der Waals surface area contributed by atoms with Crippen LogP contribution in [0.3, 0.4) is 0 Å². The van der Waals surface area contributed by atoms with E-state index in [2.05, 4.69) is 33.0 Å². The first-order valence-electron chi connectivity index (χ1n) is 12.7. The Morgan fingerprint density at radius 2 is 1.53 bits per heavy atom. The molecule has 1 aromatic carbocycles. The largest absolute Gasteiger partial charge is 0.458 e. The lowest BCUT2D eigenvalue weighted by Gasteiger charge is -2.43. The van der Waals surface area contributed by atoms with Gasteiger partial charge in [0.1, 0.15) is 11.9 Å². The van der Waals surface area contributed by atoms with Crippen LogP contribution in [-0.4, -0.2) is 55.8 Å². The fraction of sp³-hybridized carbons (Fsp3) is 0.667. The van der Waals surface area contributed by atoms with Crippen LogP contribution < -0.4 is 10.1 Å². The Morgan fingerprint density at radius 3 is 2.03 bits per heavy atom. The standard InChI is InChI=1S/C27H41NO8/c1-9-22-17(6)23(33-18(7)29)25(34-19(8)30)26(35-22)32-14-13-28-27(31)36-24-20(15(2)3)11-10-12-21(24)16(4)5/h10-12,15-17,22-23,25-26H,9,13-14H2,1-8H3,(H,28,31)/t17-,22-,23+,25-,26?/m1/s1. The molecule has 0 radical (unpaired) electrons. The zero-order valence-electron chi connectivity index (χ0n) is 22.7. The summed E-state index contributed by atoms with van der Waals surface area (Å²) in [6.45, 7) is 14.8. The van der Waals surface area contributed by atoms with E-state index in [1.54, 1.807) is 0 Å². The van der Waals surface area contributed by atoms with Gasteiger partial charge in [0.05, 0.1) is 12.7 Å². The normalized spacial score (nSPS) is 23.9. The Hall–Kier alpha value is -2.65. The van der Waals surface area contributed by atoms with Crippen molar-refractivity contribution in [3.8, 4) is 5.75 Å². The van der Waals surface area contributed by atoms with Crippen molar-refractivity contribution in [3.05, 3.63) is 29.3 Å². The first-order chi connectivity index (χ1) is 17.0. The number of hydrogen-bond acceptors (Lipinski definition) is 8. The molecule has 1 unspecified atom stereocenters. The SMILES string of the molecule is CC[C@H]1OC(OCCNC(=O)Oc2c(C(C)C)cccc2C(C)C)[C@H](OC(C)=O)[C@@H](OC(C)=O)[C@@H]1C. The quantitative estimate of drug-likeness (QED) is 0.359. The number of amides is 1. The number of nitrogens with one attached hydrogen (secondary N) is 1. The first-order valence-corrected chi connectivity index (χ1v) is 12.7. The smallest absolute Gasteiger partial charge is 0.412 e. The number of rotatable bonds is 10. The molecule has 1 aliphatic heterocycles. The molecule has 1 N–H and O–H groups in total. The van der Waals surface area contributed by atoms with E-state index in [1.165, 1.54) is 13.8 Å². The topological polar surface area (TPSA) is 109 Å². The predicted molar refractivity (Wildman–Crippen MR) is 134 cm³/mol. The van der Waals surface area contributed by atoms with Crippen LogP contribution in [0.5, 0.6) is 5.75 Å². The second-order valence-electron chi connectivity index (χ2n) is 9.72. The molecule has 1 aromatic rings. The molecule has 1 heterocycles. The van der Waals surface area contributed by atoms with E-state index in [9.17, 15) is 14.4 Å². The van der Waals surface area contributed by atoms with Crippen molar-refractivity contribution in [1.82, 2.24) is 5.32 Å². The van der Waals surface area contributed by atoms with Gasteiger partial charge in [0.25, 0.3) is 0 Å². The number of ether oxygens (including phenoxy) is 5. The molecule has 36 heavy (non-hydrogen) atoms. The summed E-state index contributed by atoms with van der Waals surface area (Å²) in [5, 5.41) is 2.70. The molecule has 9 nitrogen and oxygen atoms in total. The fourth-order valence-corrected chi connectivity index (χ4v) is 4.38. The molecule has 1 saturated heterocycles. The molecule has 0 aromatic heterocycles. The third-order valence-corrected chi connectivity index (χ3v) is 6.18. The zero-order chi connectivity index (χ0) is 27.0. The fourth-order valence-electron chi connectivity index (χ4n) is 4.38. The summed E-state index contributed by atoms with van der Waals surface area (Å²) in [4.78, 5) is 36.0. The molecule has 5 atom stereocenters. The van der Waals surface area contributed by atoms with Gasteiger partial charge in [-0.3, -0.25) is 9.59 Å². The molecular weight excluding hydrogens is 466 g/mol. The van der Waals surface area contributed by atoms with Gasteiger partial charge in [0.2, 0.25) is 0 Å². The molecule has 0 spiro atoms. The van der Waals surface area contributed by atoms with Gasteiger partial charge in [-0.1, -0.05) is 59.7 Å². The summed E-state index contributed by atoms with van der Waals surface area (Å²) in [7, 11) is 0. The van der Waals surface area contributed by atoms with Crippen molar-refractivity contribution in [2.75, 3.05) is 13.2 Å². The van der Waals surface area contributed by atoms with Crippen molar-refractivity contribution in [2.24, 2.45) is 5.92 Å². The molecule has 0 saturated carbocycles. The lowest BCUT2D eigenvalue weighted by Crippen LogP contribution is -2.57. The average Bonchev–Trinajstić information content (AvgIpc) is 2.79. The number of esters is 2. The first kappa shape index (κ1) is 29.6. The lowest BCUT2D eigenvalue weighted by molar-refractivity contribution is -0.289. The van der Waals surface area contributed by atoms with Gasteiger partial charge in [0, 0.05) is 26.3 Å². The van der Waals surface area contributed by atoms with Crippen LogP contribution in [0.15, 0.2) is 18.2 Å². The van der Waals surface area contributed by atoms with E-state index in [1.807, 2.05) is 32.0 Å². The Bertz CT molecular complexity index is 874. The predicted octanol–water partition coefficient (Wildman–Crippen LogP) is 4.67. The molecule has 2 rings (SSSR count). The number of carbonyl (C=O) groups excluding carboxylic acids is 3. The summed E-state index contributed by atoms with van der Waals surface area (Å²) in [6.07, 6.45) is -2.79. The summed E-state index contributed by atoms with van der Waals surface area (Å²) >= 11 is 0. The molecular formula is C27H41NO8. The number of hydrogen-bond donors (Lipinski definition) is 1. The van der Waals surface area contributed by atoms with Crippen molar-refractivity contribution in [1.29, 1.82) is 0 Å². The number of carbonyl (C=O) groups is 3. The monoisotopic (exact) mass is 507 g/mol. The molecule has 1 fully saturated rings. The van der Waals surface area contributed by atoms with E-state index < -0.39 is 36.5 Å². The Kier molecular flexibility index (Phi) is 11.2. The zero-order valence-corrected chi connectivity index (χ0v) is 22.7. The third kappa shape index (κ3) is 7.93. The van der Waals surface area contributed by atoms with E-state index in [0.717, 1.165) is 11.1 Å². The minimum absolute atomic E-state index is 0.0675. The highest BCUT2D eigenvalue weighted by atomic mass is 16.7. The highest BCUT2D eigenvalue weighted by molar-refractivity contribution is 5.71. The lowest BCUT2D eigenvalue weighted by atomic mass is 9.89. The van der Waals surface area contributed by atoms with Gasteiger partial charge in [0.15, 0.2) is 12.4 Å². The molecule has 1 aliphatic rings. The molecule has 1 amide bonds. The maximum Gasteiger partial charge on any atom is 0.412 e. The van der Waals surface area contributed by atoms with Crippen LogP contribution in [0.4, 0.5) is 4.79 Å². The van der Waals surface area contributed by atoms with Crippen molar-refractivity contribution in [2.45, 2.75) is 98.2 Å². The van der Waals surface area contributed by atoms with Gasteiger partial charge in [-0.2, -0.15) is 0 Å². The highest BCUT2D eigenvalue weighted by Crippen LogP contribution is 2.35. The van der Waals surface area contributed by atoms with E-state index >= 15 is 0 Å². The summed E-state index contributed by atoms with van der Waals surface area (Å²) in [5.74, 6) is -0.261. The molecule has 0 bridgehead atoms. The summed E-state index contributed by atoms with van der Waals surface area (Å²) < 4.78 is 28.5. The van der Waals surface area contributed by atoms with E-state index in [4.69, 9.17) is 23.7 Å². The van der Waals surface area contributed by atoms with Crippen molar-refractivity contribution >= 4 is 18.0 Å². The van der Waals surface area contributed by atoms with Crippen LogP contribution in [0.1, 0.15) is 84.8 Å². The average molecular weight is 508 g/mol. The molecule has 0 aliphatic carbocycles. The Labute approximate surface area is 214 Å². The van der Waals surface area contributed by atoms with Crippen LogP contribution in [0.2, 0.25) is 0 Å².